The van der Waals surface area contributed by atoms with Crippen molar-refractivity contribution in [2.45, 2.75) is 26.7 Å². The lowest BCUT2D eigenvalue weighted by Gasteiger charge is -2.20. The van der Waals surface area contributed by atoms with Crippen LogP contribution in [0.1, 0.15) is 25.3 Å². The second-order valence-corrected chi connectivity index (χ2v) is 4.69. The SMILES string of the molecule is CC(=O)CCCN(C)c1cc(F)c(C)cc1Cl. The highest BCUT2D eigenvalue weighted by Gasteiger charge is 2.09. The summed E-state index contributed by atoms with van der Waals surface area (Å²) in [6.07, 6.45) is 1.29. The first kappa shape index (κ1) is 14.0. The minimum Gasteiger partial charge on any atom is -0.373 e. The Balaban J connectivity index is 2.71. The molecule has 0 amide bonds. The molecule has 2 nitrogen and oxygen atoms in total. The molecule has 0 fully saturated rings. The van der Waals surface area contributed by atoms with E-state index in [0.29, 0.717) is 29.2 Å². The zero-order valence-electron chi connectivity index (χ0n) is 10.4. The molecule has 0 aromatic heterocycles. The monoisotopic (exact) mass is 257 g/mol. The summed E-state index contributed by atoms with van der Waals surface area (Å²) in [6.45, 7) is 3.93. The lowest BCUT2D eigenvalue weighted by Crippen LogP contribution is -2.19. The number of halogens is 2. The van der Waals surface area contributed by atoms with E-state index >= 15 is 0 Å². The summed E-state index contributed by atoms with van der Waals surface area (Å²) in [6, 6.07) is 3.05. The fourth-order valence-corrected chi connectivity index (χ4v) is 1.98. The van der Waals surface area contributed by atoms with Crippen LogP contribution in [-0.4, -0.2) is 19.4 Å². The van der Waals surface area contributed by atoms with E-state index in [9.17, 15) is 9.18 Å². The van der Waals surface area contributed by atoms with Crippen molar-refractivity contribution < 1.29 is 9.18 Å². The third kappa shape index (κ3) is 4.00. The van der Waals surface area contributed by atoms with E-state index in [1.54, 1.807) is 19.9 Å². The van der Waals surface area contributed by atoms with E-state index in [1.165, 1.54) is 6.07 Å². The van der Waals surface area contributed by atoms with Crippen LogP contribution in [0, 0.1) is 12.7 Å². The van der Waals surface area contributed by atoms with Crippen LogP contribution in [0.5, 0.6) is 0 Å². The maximum atomic E-state index is 13.4. The van der Waals surface area contributed by atoms with Crippen LogP contribution in [0.3, 0.4) is 0 Å². The van der Waals surface area contributed by atoms with Crippen molar-refractivity contribution in [3.05, 3.63) is 28.5 Å². The van der Waals surface area contributed by atoms with Gasteiger partial charge in [-0.05, 0) is 38.0 Å². The molecule has 0 N–H and O–H groups in total. The Morgan fingerprint density at radius 1 is 1.47 bits per heavy atom. The number of anilines is 1. The first-order chi connectivity index (χ1) is 7.91. The molecule has 0 atom stereocenters. The van der Waals surface area contributed by atoms with Gasteiger partial charge in [0.05, 0.1) is 10.7 Å². The van der Waals surface area contributed by atoms with E-state index in [0.717, 1.165) is 6.42 Å². The summed E-state index contributed by atoms with van der Waals surface area (Å²) in [4.78, 5) is 12.7. The highest BCUT2D eigenvalue weighted by molar-refractivity contribution is 6.33. The molecule has 4 heteroatoms. The summed E-state index contributed by atoms with van der Waals surface area (Å²) >= 11 is 6.06. The Morgan fingerprint density at radius 2 is 2.12 bits per heavy atom. The number of carbonyl (C=O) groups excluding carboxylic acids is 1. The number of carbonyl (C=O) groups is 1. The molecule has 1 aromatic rings. The molecule has 0 aliphatic heterocycles. The molecule has 0 bridgehead atoms. The van der Waals surface area contributed by atoms with E-state index in [2.05, 4.69) is 0 Å². The van der Waals surface area contributed by atoms with Gasteiger partial charge in [0.25, 0.3) is 0 Å². The second kappa shape index (κ2) is 6.01. The molecular formula is C13H17ClFNO. The van der Waals surface area contributed by atoms with Crippen molar-refractivity contribution in [2.75, 3.05) is 18.5 Å². The summed E-state index contributed by atoms with van der Waals surface area (Å²) in [7, 11) is 1.84. The van der Waals surface area contributed by atoms with Gasteiger partial charge in [-0.25, -0.2) is 4.39 Å². The van der Waals surface area contributed by atoms with Crippen molar-refractivity contribution in [1.29, 1.82) is 0 Å². The van der Waals surface area contributed by atoms with E-state index < -0.39 is 0 Å². The molecule has 0 radical (unpaired) electrons. The Kier molecular flexibility index (Phi) is 4.94. The third-order valence-electron chi connectivity index (χ3n) is 2.66. The summed E-state index contributed by atoms with van der Waals surface area (Å²) < 4.78 is 13.4. The van der Waals surface area contributed by atoms with Crippen molar-refractivity contribution in [2.24, 2.45) is 0 Å². The number of benzene rings is 1. The lowest BCUT2D eigenvalue weighted by molar-refractivity contribution is -0.117. The smallest absolute Gasteiger partial charge is 0.129 e. The van der Waals surface area contributed by atoms with Crippen LogP contribution < -0.4 is 4.90 Å². The molecule has 1 rings (SSSR count). The Morgan fingerprint density at radius 3 is 2.71 bits per heavy atom. The molecule has 0 aliphatic carbocycles. The zero-order valence-corrected chi connectivity index (χ0v) is 11.1. The minimum absolute atomic E-state index is 0.166. The molecule has 94 valence electrons. The van der Waals surface area contributed by atoms with Gasteiger partial charge in [0.2, 0.25) is 0 Å². The summed E-state index contributed by atoms with van der Waals surface area (Å²) in [5.41, 5.74) is 1.20. The van der Waals surface area contributed by atoms with Crippen molar-refractivity contribution >= 4 is 23.1 Å². The van der Waals surface area contributed by atoms with Crippen LogP contribution >= 0.6 is 11.6 Å². The number of Topliss-reactive ketones (excluding diaryl/α,β-unsaturated/α-hetero) is 1. The molecule has 0 spiro atoms. The van der Waals surface area contributed by atoms with Gasteiger partial charge in [-0.1, -0.05) is 11.6 Å². The highest BCUT2D eigenvalue weighted by Crippen LogP contribution is 2.28. The molecule has 1 aromatic carbocycles. The highest BCUT2D eigenvalue weighted by atomic mass is 35.5. The summed E-state index contributed by atoms with van der Waals surface area (Å²) in [5, 5.41) is 0.536. The standard InChI is InChI=1S/C13H17ClFNO/c1-9-7-11(14)13(8-12(9)15)16(3)6-4-5-10(2)17/h7-8H,4-6H2,1-3H3. The van der Waals surface area contributed by atoms with Gasteiger partial charge in [-0.3, -0.25) is 0 Å². The zero-order chi connectivity index (χ0) is 13.0. The quantitative estimate of drug-likeness (QED) is 0.803. The number of aryl methyl sites for hydroxylation is 1. The lowest BCUT2D eigenvalue weighted by atomic mass is 10.2. The van der Waals surface area contributed by atoms with Crippen molar-refractivity contribution in [3.8, 4) is 0 Å². The topological polar surface area (TPSA) is 20.3 Å². The largest absolute Gasteiger partial charge is 0.373 e. The molecule has 17 heavy (non-hydrogen) atoms. The van der Waals surface area contributed by atoms with E-state index in [-0.39, 0.29) is 11.6 Å². The number of ketones is 1. The predicted octanol–water partition coefficient (Wildman–Crippen LogP) is 3.59. The van der Waals surface area contributed by atoms with Gasteiger partial charge in [0, 0.05) is 20.0 Å². The normalized spacial score (nSPS) is 10.4. The van der Waals surface area contributed by atoms with Gasteiger partial charge in [-0.15, -0.1) is 0 Å². The Hall–Kier alpha value is -1.09. The van der Waals surface area contributed by atoms with Crippen LogP contribution in [0.2, 0.25) is 5.02 Å². The van der Waals surface area contributed by atoms with Crippen LogP contribution in [0.15, 0.2) is 12.1 Å². The fourth-order valence-electron chi connectivity index (χ4n) is 1.61. The number of rotatable bonds is 5. The Bertz CT molecular complexity index is 420. The van der Waals surface area contributed by atoms with Crippen LogP contribution in [0.4, 0.5) is 10.1 Å². The molecule has 0 aliphatic rings. The Labute approximate surface area is 106 Å². The van der Waals surface area contributed by atoms with Gasteiger partial charge in [0.1, 0.15) is 11.6 Å². The average Bonchev–Trinajstić information content (AvgIpc) is 2.22. The first-order valence-electron chi connectivity index (χ1n) is 5.58. The van der Waals surface area contributed by atoms with E-state index in [1.807, 2.05) is 11.9 Å². The predicted molar refractivity (Wildman–Crippen MR) is 69.3 cm³/mol. The van der Waals surface area contributed by atoms with Gasteiger partial charge in [0.15, 0.2) is 0 Å². The van der Waals surface area contributed by atoms with E-state index in [4.69, 9.17) is 11.6 Å². The maximum Gasteiger partial charge on any atom is 0.129 e. The van der Waals surface area contributed by atoms with Gasteiger partial charge in [-0.2, -0.15) is 0 Å². The number of nitrogens with zero attached hydrogens (tertiary/aromatic N) is 1. The van der Waals surface area contributed by atoms with Crippen molar-refractivity contribution in [1.82, 2.24) is 0 Å². The van der Waals surface area contributed by atoms with Gasteiger partial charge < -0.3 is 9.69 Å². The molecular weight excluding hydrogens is 241 g/mol. The molecule has 0 unspecified atom stereocenters. The van der Waals surface area contributed by atoms with Gasteiger partial charge >= 0.3 is 0 Å². The fraction of sp³-hybridized carbons (Fsp3) is 0.462. The maximum absolute atomic E-state index is 13.4. The first-order valence-corrected chi connectivity index (χ1v) is 5.96. The molecule has 0 saturated heterocycles. The van der Waals surface area contributed by atoms with Crippen LogP contribution in [0.25, 0.3) is 0 Å². The second-order valence-electron chi connectivity index (χ2n) is 4.28. The van der Waals surface area contributed by atoms with Crippen LogP contribution in [-0.2, 0) is 4.79 Å². The van der Waals surface area contributed by atoms with Crippen molar-refractivity contribution in [3.63, 3.8) is 0 Å². The average molecular weight is 258 g/mol. The number of hydrogen-bond donors (Lipinski definition) is 0. The number of hydrogen-bond acceptors (Lipinski definition) is 2. The molecule has 0 saturated carbocycles. The minimum atomic E-state index is -0.261. The third-order valence-corrected chi connectivity index (χ3v) is 2.96. The molecule has 0 heterocycles. The summed E-state index contributed by atoms with van der Waals surface area (Å²) in [5.74, 6) is -0.0950.